The maximum atomic E-state index is 14.1. The van der Waals surface area contributed by atoms with Crippen molar-refractivity contribution in [1.82, 2.24) is 4.90 Å². The highest BCUT2D eigenvalue weighted by Gasteiger charge is 2.28. The Hall–Kier alpha value is -1.35. The molecule has 27 heavy (non-hydrogen) atoms. The first-order chi connectivity index (χ1) is 12.9. The summed E-state index contributed by atoms with van der Waals surface area (Å²) >= 11 is 0. The first-order valence-electron chi connectivity index (χ1n) is 10.8. The first kappa shape index (κ1) is 20.4. The van der Waals surface area contributed by atoms with Gasteiger partial charge in [0, 0.05) is 37.4 Å². The lowest BCUT2D eigenvalue weighted by atomic mass is 9.72. The van der Waals surface area contributed by atoms with Crippen LogP contribution in [0.25, 0.3) is 5.57 Å². The molecule has 1 aromatic carbocycles. The number of hydrogen-bond donors (Lipinski definition) is 0. The first-order valence-corrected chi connectivity index (χ1v) is 10.8. The Morgan fingerprint density at radius 2 is 1.85 bits per heavy atom. The highest BCUT2D eigenvalue weighted by Crippen LogP contribution is 2.41. The number of unbranched alkanes of at least 4 members (excludes halogenated alkanes) is 1. The average Bonchev–Trinajstić information content (AvgIpc) is 2.66. The van der Waals surface area contributed by atoms with Crippen molar-refractivity contribution in [1.29, 1.82) is 0 Å². The molecule has 0 spiro atoms. The van der Waals surface area contributed by atoms with Gasteiger partial charge in [0.25, 0.3) is 0 Å². The van der Waals surface area contributed by atoms with Gasteiger partial charge in [-0.2, -0.15) is 0 Å². The molecule has 1 atom stereocenters. The van der Waals surface area contributed by atoms with Crippen molar-refractivity contribution < 1.29 is 4.39 Å². The second kappa shape index (κ2) is 8.77. The molecule has 1 unspecified atom stereocenters. The van der Waals surface area contributed by atoms with E-state index in [1.54, 1.807) is 12.1 Å². The van der Waals surface area contributed by atoms with Gasteiger partial charge >= 0.3 is 0 Å². The Labute approximate surface area is 165 Å². The maximum Gasteiger partial charge on any atom is 0.123 e. The summed E-state index contributed by atoms with van der Waals surface area (Å²) in [5.74, 6) is 0.606. The summed E-state index contributed by atoms with van der Waals surface area (Å²) in [5.41, 5.74) is 4.05. The number of anilines is 1. The zero-order valence-corrected chi connectivity index (χ0v) is 17.7. The Kier molecular flexibility index (Phi) is 6.62. The van der Waals surface area contributed by atoms with E-state index in [1.807, 2.05) is 6.07 Å². The van der Waals surface area contributed by atoms with Crippen LogP contribution in [0.3, 0.4) is 0 Å². The number of nitrogens with zero attached hydrogens (tertiary/aromatic N) is 2. The van der Waals surface area contributed by atoms with Crippen molar-refractivity contribution in [2.24, 2.45) is 11.3 Å². The lowest BCUT2D eigenvalue weighted by molar-refractivity contribution is 0.225. The fraction of sp³-hybridized carbons (Fsp3) is 0.667. The molecule has 1 saturated heterocycles. The zero-order valence-electron chi connectivity index (χ0n) is 17.7. The van der Waals surface area contributed by atoms with Gasteiger partial charge in [-0.3, -0.25) is 4.90 Å². The highest BCUT2D eigenvalue weighted by atomic mass is 19.1. The van der Waals surface area contributed by atoms with E-state index in [2.05, 4.69) is 43.6 Å². The van der Waals surface area contributed by atoms with Crippen LogP contribution >= 0.6 is 0 Å². The Bertz CT molecular complexity index is 651. The minimum absolute atomic E-state index is 0.117. The lowest BCUT2D eigenvalue weighted by Crippen LogP contribution is -2.46. The second-order valence-corrected chi connectivity index (χ2v) is 9.41. The van der Waals surface area contributed by atoms with E-state index < -0.39 is 0 Å². The summed E-state index contributed by atoms with van der Waals surface area (Å²) in [7, 11) is 0. The van der Waals surface area contributed by atoms with Gasteiger partial charge in [-0.25, -0.2) is 4.39 Å². The van der Waals surface area contributed by atoms with E-state index in [0.29, 0.717) is 5.41 Å². The molecule has 0 N–H and O–H groups in total. The molecule has 0 aromatic heterocycles. The van der Waals surface area contributed by atoms with Gasteiger partial charge in [0.2, 0.25) is 0 Å². The quantitative estimate of drug-likeness (QED) is 0.627. The summed E-state index contributed by atoms with van der Waals surface area (Å²) in [6, 6.07) is 5.40. The molecule has 1 fully saturated rings. The van der Waals surface area contributed by atoms with Crippen LogP contribution in [0, 0.1) is 17.2 Å². The molecule has 1 aliphatic carbocycles. The van der Waals surface area contributed by atoms with Crippen LogP contribution in [0.2, 0.25) is 0 Å². The molecule has 3 heteroatoms. The summed E-state index contributed by atoms with van der Waals surface area (Å²) in [5, 5.41) is 0. The predicted molar refractivity (Wildman–Crippen MR) is 115 cm³/mol. The number of rotatable bonds is 5. The van der Waals surface area contributed by atoms with Gasteiger partial charge in [0.15, 0.2) is 0 Å². The van der Waals surface area contributed by atoms with Crippen LogP contribution in [0.15, 0.2) is 24.3 Å². The van der Waals surface area contributed by atoms with Crippen molar-refractivity contribution in [3.05, 3.63) is 35.7 Å². The van der Waals surface area contributed by atoms with Crippen LogP contribution in [-0.2, 0) is 0 Å². The van der Waals surface area contributed by atoms with Gasteiger partial charge in [0.05, 0.1) is 0 Å². The number of halogens is 1. The molecular formula is C24H37FN2. The van der Waals surface area contributed by atoms with Crippen LogP contribution in [0.5, 0.6) is 0 Å². The van der Waals surface area contributed by atoms with E-state index in [1.165, 1.54) is 37.1 Å². The van der Waals surface area contributed by atoms with Gasteiger partial charge in [0.1, 0.15) is 5.82 Å². The third-order valence-electron chi connectivity index (χ3n) is 6.48. The molecule has 1 heterocycles. The summed E-state index contributed by atoms with van der Waals surface area (Å²) in [6.45, 7) is 14.8. The van der Waals surface area contributed by atoms with Gasteiger partial charge in [-0.1, -0.05) is 40.2 Å². The third kappa shape index (κ3) is 5.13. The van der Waals surface area contributed by atoms with Crippen molar-refractivity contribution in [2.45, 2.75) is 59.8 Å². The summed E-state index contributed by atoms with van der Waals surface area (Å²) < 4.78 is 14.1. The molecule has 0 bridgehead atoms. The van der Waals surface area contributed by atoms with Crippen LogP contribution in [0.4, 0.5) is 10.1 Å². The van der Waals surface area contributed by atoms with E-state index in [4.69, 9.17) is 0 Å². The van der Waals surface area contributed by atoms with Crippen LogP contribution < -0.4 is 4.90 Å². The number of hydrogen-bond acceptors (Lipinski definition) is 2. The van der Waals surface area contributed by atoms with Crippen LogP contribution in [-0.4, -0.2) is 37.6 Å². The minimum atomic E-state index is -0.117. The normalized spacial score (nSPS) is 22.0. The Balaban J connectivity index is 1.74. The molecule has 2 aliphatic rings. The molecule has 1 aliphatic heterocycles. The maximum absolute atomic E-state index is 14.1. The van der Waals surface area contributed by atoms with Crippen molar-refractivity contribution in [3.63, 3.8) is 0 Å². The predicted octanol–water partition coefficient (Wildman–Crippen LogP) is 5.98. The average molecular weight is 373 g/mol. The molecule has 3 rings (SSSR count). The monoisotopic (exact) mass is 372 g/mol. The van der Waals surface area contributed by atoms with Gasteiger partial charge in [-0.05, 0) is 67.3 Å². The van der Waals surface area contributed by atoms with Crippen molar-refractivity contribution in [3.8, 4) is 0 Å². The van der Waals surface area contributed by atoms with E-state index >= 15 is 0 Å². The Morgan fingerprint density at radius 3 is 2.44 bits per heavy atom. The van der Waals surface area contributed by atoms with Gasteiger partial charge in [-0.15, -0.1) is 0 Å². The highest BCUT2D eigenvalue weighted by molar-refractivity contribution is 5.77. The fourth-order valence-electron chi connectivity index (χ4n) is 4.50. The van der Waals surface area contributed by atoms with E-state index in [-0.39, 0.29) is 5.82 Å². The SMILES string of the molecule is CCCCN1CCN(c2ccc(F)cc2C2=CCC(C(C)(C)C)CC2)CC1. The van der Waals surface area contributed by atoms with E-state index in [0.717, 1.165) is 50.5 Å². The minimum Gasteiger partial charge on any atom is -0.368 e. The molecule has 1 aromatic rings. The molecule has 150 valence electrons. The summed E-state index contributed by atoms with van der Waals surface area (Å²) in [6.07, 6.45) is 8.30. The van der Waals surface area contributed by atoms with Crippen molar-refractivity contribution in [2.75, 3.05) is 37.6 Å². The Morgan fingerprint density at radius 1 is 1.11 bits per heavy atom. The summed E-state index contributed by atoms with van der Waals surface area (Å²) in [4.78, 5) is 5.03. The van der Waals surface area contributed by atoms with E-state index in [9.17, 15) is 4.39 Å². The molecule has 2 nitrogen and oxygen atoms in total. The van der Waals surface area contributed by atoms with Crippen molar-refractivity contribution >= 4 is 11.3 Å². The third-order valence-corrected chi connectivity index (χ3v) is 6.48. The number of allylic oxidation sites excluding steroid dienone is 2. The lowest BCUT2D eigenvalue weighted by Gasteiger charge is -2.38. The topological polar surface area (TPSA) is 6.48 Å². The standard InChI is InChI=1S/C24H37FN2/c1-5-6-13-26-14-16-27(17-15-26)23-12-11-21(25)18-22(23)19-7-9-20(10-8-19)24(2,3)4/h7,11-12,18,20H,5-6,8-10,13-17H2,1-4H3. The zero-order chi connectivity index (χ0) is 19.4. The van der Waals surface area contributed by atoms with Crippen LogP contribution in [0.1, 0.15) is 65.4 Å². The molecule has 0 radical (unpaired) electrons. The number of benzene rings is 1. The molecule has 0 amide bonds. The molecule has 0 saturated carbocycles. The number of piperazine rings is 1. The van der Waals surface area contributed by atoms with Gasteiger partial charge < -0.3 is 4.90 Å². The second-order valence-electron chi connectivity index (χ2n) is 9.41. The largest absolute Gasteiger partial charge is 0.368 e. The molecular weight excluding hydrogens is 335 g/mol. The fourth-order valence-corrected chi connectivity index (χ4v) is 4.50. The smallest absolute Gasteiger partial charge is 0.123 e.